The van der Waals surface area contributed by atoms with Crippen LogP contribution in [0.3, 0.4) is 0 Å². The van der Waals surface area contributed by atoms with E-state index < -0.39 is 11.9 Å². The summed E-state index contributed by atoms with van der Waals surface area (Å²) in [5.41, 5.74) is 0.889. The van der Waals surface area contributed by atoms with Gasteiger partial charge in [0.1, 0.15) is 0 Å². The van der Waals surface area contributed by atoms with Gasteiger partial charge in [-0.05, 0) is 30.7 Å². The molecule has 2 heterocycles. The lowest BCUT2D eigenvalue weighted by Gasteiger charge is -2.31. The Labute approximate surface area is 145 Å². The van der Waals surface area contributed by atoms with E-state index in [-0.39, 0.29) is 12.4 Å². The second-order valence-electron chi connectivity index (χ2n) is 5.90. The molecule has 0 bridgehead atoms. The number of alkyl halides is 3. The Hall–Kier alpha value is -1.57. The molecule has 1 unspecified atom stereocenters. The Balaban J connectivity index is 0.00000208. The minimum atomic E-state index is -4.41. The van der Waals surface area contributed by atoms with E-state index in [4.69, 9.17) is 0 Å². The number of benzene rings is 1. The van der Waals surface area contributed by atoms with Gasteiger partial charge in [0.05, 0.1) is 5.69 Å². The third kappa shape index (κ3) is 4.49. The highest BCUT2D eigenvalue weighted by Gasteiger charge is 2.33. The van der Waals surface area contributed by atoms with Gasteiger partial charge in [-0.2, -0.15) is 18.3 Å². The summed E-state index contributed by atoms with van der Waals surface area (Å²) in [5, 5.41) is 6.98. The van der Waals surface area contributed by atoms with Crippen LogP contribution in [0.25, 0.3) is 5.69 Å². The van der Waals surface area contributed by atoms with Crippen LogP contribution in [0.15, 0.2) is 36.5 Å². The Morgan fingerprint density at radius 1 is 1.21 bits per heavy atom. The van der Waals surface area contributed by atoms with Gasteiger partial charge in [-0.25, -0.2) is 4.68 Å². The quantitative estimate of drug-likeness (QED) is 0.913. The van der Waals surface area contributed by atoms with E-state index in [2.05, 4.69) is 22.2 Å². The van der Waals surface area contributed by atoms with Crippen molar-refractivity contribution in [3.05, 3.63) is 47.8 Å². The van der Waals surface area contributed by atoms with Crippen LogP contribution in [0.4, 0.5) is 13.2 Å². The number of piperazine rings is 1. The van der Waals surface area contributed by atoms with Gasteiger partial charge < -0.3 is 5.32 Å². The molecule has 1 saturated heterocycles. The molecule has 1 aliphatic rings. The number of aromatic nitrogens is 2. The number of rotatable bonds is 3. The van der Waals surface area contributed by atoms with Gasteiger partial charge in [0.25, 0.3) is 0 Å². The van der Waals surface area contributed by atoms with E-state index in [0.29, 0.717) is 11.7 Å². The minimum absolute atomic E-state index is 0. The molecule has 1 aromatic heterocycles. The normalized spacial score (nSPS) is 19.1. The standard InChI is InChI=1S/C16H19F3N4.ClH/c1-12-10-22(9-7-20-12)11-13-2-4-14(5-3-13)23-8-6-15(21-23)16(17,18)19;/h2-6,8,12,20H,7,9-11H2,1H3;1H. The fraction of sp³-hybridized carbons (Fsp3) is 0.438. The van der Waals surface area contributed by atoms with Gasteiger partial charge >= 0.3 is 6.18 Å². The molecule has 0 radical (unpaired) electrons. The fourth-order valence-electron chi connectivity index (χ4n) is 2.79. The third-order valence-corrected chi connectivity index (χ3v) is 3.94. The summed E-state index contributed by atoms with van der Waals surface area (Å²) in [6.07, 6.45) is -3.08. The lowest BCUT2D eigenvalue weighted by atomic mass is 10.1. The monoisotopic (exact) mass is 360 g/mol. The van der Waals surface area contributed by atoms with Crippen molar-refractivity contribution in [2.75, 3.05) is 19.6 Å². The maximum Gasteiger partial charge on any atom is 0.435 e. The summed E-state index contributed by atoms with van der Waals surface area (Å²) in [4.78, 5) is 2.37. The molecule has 0 spiro atoms. The lowest BCUT2D eigenvalue weighted by molar-refractivity contribution is -0.141. The number of hydrogen-bond acceptors (Lipinski definition) is 3. The predicted molar refractivity (Wildman–Crippen MR) is 88.6 cm³/mol. The first-order valence-electron chi connectivity index (χ1n) is 7.60. The molecule has 1 fully saturated rings. The highest BCUT2D eigenvalue weighted by molar-refractivity contribution is 5.85. The Bertz CT molecular complexity index is 654. The van der Waals surface area contributed by atoms with Crippen LogP contribution in [-0.4, -0.2) is 40.4 Å². The van der Waals surface area contributed by atoms with Gasteiger partial charge in [0.2, 0.25) is 0 Å². The van der Waals surface area contributed by atoms with E-state index in [1.807, 2.05) is 12.1 Å². The largest absolute Gasteiger partial charge is 0.435 e. The van der Waals surface area contributed by atoms with Crippen LogP contribution in [-0.2, 0) is 12.7 Å². The first-order chi connectivity index (χ1) is 10.9. The van der Waals surface area contributed by atoms with Crippen LogP contribution in [0, 0.1) is 0 Å². The van der Waals surface area contributed by atoms with Gasteiger partial charge in [-0.15, -0.1) is 12.4 Å². The molecule has 0 aliphatic carbocycles. The number of nitrogens with zero attached hydrogens (tertiary/aromatic N) is 3. The van der Waals surface area contributed by atoms with Crippen molar-refractivity contribution in [3.8, 4) is 5.69 Å². The summed E-state index contributed by atoms with van der Waals surface area (Å²) in [7, 11) is 0. The van der Waals surface area contributed by atoms with E-state index in [1.165, 1.54) is 10.9 Å². The molecule has 3 rings (SSSR count). The van der Waals surface area contributed by atoms with E-state index in [0.717, 1.165) is 37.8 Å². The van der Waals surface area contributed by atoms with Crippen LogP contribution in [0.1, 0.15) is 18.2 Å². The number of halogens is 4. The van der Waals surface area contributed by atoms with E-state index >= 15 is 0 Å². The summed E-state index contributed by atoms with van der Waals surface area (Å²) >= 11 is 0. The Morgan fingerprint density at radius 2 is 1.92 bits per heavy atom. The second-order valence-corrected chi connectivity index (χ2v) is 5.90. The predicted octanol–water partition coefficient (Wildman–Crippen LogP) is 3.11. The average Bonchev–Trinajstić information content (AvgIpc) is 2.98. The molecular weight excluding hydrogens is 341 g/mol. The van der Waals surface area contributed by atoms with E-state index in [9.17, 15) is 13.2 Å². The molecular formula is C16H20ClF3N4. The highest BCUT2D eigenvalue weighted by atomic mass is 35.5. The molecule has 8 heteroatoms. The van der Waals surface area contributed by atoms with Gasteiger partial charge in [-0.3, -0.25) is 4.90 Å². The molecule has 1 aliphatic heterocycles. The van der Waals surface area contributed by atoms with Crippen molar-refractivity contribution in [2.45, 2.75) is 25.7 Å². The summed E-state index contributed by atoms with van der Waals surface area (Å²) < 4.78 is 39.0. The number of nitrogens with one attached hydrogen (secondary N) is 1. The molecule has 1 atom stereocenters. The highest BCUT2D eigenvalue weighted by Crippen LogP contribution is 2.27. The Kier molecular flexibility index (Phi) is 5.90. The van der Waals surface area contributed by atoms with Gasteiger partial charge in [0, 0.05) is 38.4 Å². The summed E-state index contributed by atoms with van der Waals surface area (Å²) in [6.45, 7) is 5.98. The van der Waals surface area contributed by atoms with Crippen LogP contribution >= 0.6 is 12.4 Å². The zero-order chi connectivity index (χ0) is 16.4. The van der Waals surface area contributed by atoms with Crippen molar-refractivity contribution in [2.24, 2.45) is 0 Å². The number of hydrogen-bond donors (Lipinski definition) is 1. The summed E-state index contributed by atoms with van der Waals surface area (Å²) in [5.74, 6) is 0. The molecule has 1 aromatic carbocycles. The molecule has 24 heavy (non-hydrogen) atoms. The van der Waals surface area contributed by atoms with Gasteiger partial charge in [0.15, 0.2) is 5.69 Å². The molecule has 1 N–H and O–H groups in total. The van der Waals surface area contributed by atoms with Crippen molar-refractivity contribution in [1.29, 1.82) is 0 Å². The molecule has 0 saturated carbocycles. The van der Waals surface area contributed by atoms with Crippen molar-refractivity contribution in [1.82, 2.24) is 20.0 Å². The fourth-order valence-corrected chi connectivity index (χ4v) is 2.79. The average molecular weight is 361 g/mol. The third-order valence-electron chi connectivity index (χ3n) is 3.94. The maximum absolute atomic E-state index is 12.6. The topological polar surface area (TPSA) is 33.1 Å². The zero-order valence-corrected chi connectivity index (χ0v) is 14.1. The van der Waals surface area contributed by atoms with Crippen LogP contribution in [0.5, 0.6) is 0 Å². The van der Waals surface area contributed by atoms with Crippen molar-refractivity contribution in [3.63, 3.8) is 0 Å². The first-order valence-corrected chi connectivity index (χ1v) is 7.60. The summed E-state index contributed by atoms with van der Waals surface area (Å²) in [6, 6.07) is 8.94. The van der Waals surface area contributed by atoms with E-state index in [1.54, 1.807) is 12.1 Å². The Morgan fingerprint density at radius 3 is 2.50 bits per heavy atom. The molecule has 0 amide bonds. The van der Waals surface area contributed by atoms with Gasteiger partial charge in [-0.1, -0.05) is 12.1 Å². The van der Waals surface area contributed by atoms with Crippen LogP contribution < -0.4 is 5.32 Å². The second kappa shape index (κ2) is 7.55. The zero-order valence-electron chi connectivity index (χ0n) is 13.3. The van der Waals surface area contributed by atoms with Crippen LogP contribution in [0.2, 0.25) is 0 Å². The lowest BCUT2D eigenvalue weighted by Crippen LogP contribution is -2.48. The molecule has 132 valence electrons. The van der Waals surface area contributed by atoms with Crippen molar-refractivity contribution >= 4 is 12.4 Å². The maximum atomic E-state index is 12.6. The molecule has 2 aromatic rings. The minimum Gasteiger partial charge on any atom is -0.312 e. The smallest absolute Gasteiger partial charge is 0.312 e. The SMILES string of the molecule is CC1CN(Cc2ccc(-n3ccc(C(F)(F)F)n3)cc2)CCN1.Cl. The first kappa shape index (κ1) is 18.8. The van der Waals surface area contributed by atoms with Crippen molar-refractivity contribution < 1.29 is 13.2 Å². The molecule has 4 nitrogen and oxygen atoms in total.